The van der Waals surface area contributed by atoms with Gasteiger partial charge in [-0.2, -0.15) is 5.10 Å². The summed E-state index contributed by atoms with van der Waals surface area (Å²) >= 11 is 0. The Bertz CT molecular complexity index is 546. The first-order chi connectivity index (χ1) is 8.08. The van der Waals surface area contributed by atoms with Crippen LogP contribution in [0.15, 0.2) is 30.9 Å². The molecule has 0 saturated heterocycles. The molecular weight excluding hydrogens is 218 g/mol. The van der Waals surface area contributed by atoms with Crippen molar-refractivity contribution < 1.29 is 9.90 Å². The summed E-state index contributed by atoms with van der Waals surface area (Å²) in [5.41, 5.74) is 1.81. The van der Waals surface area contributed by atoms with Crippen LogP contribution in [0.2, 0.25) is 0 Å². The first-order valence-electron chi connectivity index (χ1n) is 5.31. The van der Waals surface area contributed by atoms with Crippen LogP contribution < -0.4 is 0 Å². The van der Waals surface area contributed by atoms with Crippen LogP contribution in [-0.2, 0) is 0 Å². The maximum Gasteiger partial charge on any atom is 0.337 e. The lowest BCUT2D eigenvalue weighted by Crippen LogP contribution is -1.99. The first-order valence-corrected chi connectivity index (χ1v) is 5.31. The molecule has 0 atom stereocenters. The summed E-state index contributed by atoms with van der Waals surface area (Å²) in [6, 6.07) is 1.87. The average molecular weight is 231 g/mol. The predicted octanol–water partition coefficient (Wildman–Crippen LogP) is 2.22. The number of pyridine rings is 1. The topological polar surface area (TPSA) is 68.0 Å². The van der Waals surface area contributed by atoms with Crippen LogP contribution in [0, 0.1) is 0 Å². The molecule has 0 aliphatic rings. The van der Waals surface area contributed by atoms with E-state index < -0.39 is 5.97 Å². The lowest BCUT2D eigenvalue weighted by atomic mass is 10.1. The zero-order valence-corrected chi connectivity index (χ0v) is 9.66. The lowest BCUT2D eigenvalue weighted by molar-refractivity contribution is 0.0696. The van der Waals surface area contributed by atoms with Crippen molar-refractivity contribution in [2.24, 2.45) is 0 Å². The van der Waals surface area contributed by atoms with Crippen LogP contribution in [0.25, 0.3) is 11.1 Å². The van der Waals surface area contributed by atoms with Crippen molar-refractivity contribution in [2.75, 3.05) is 0 Å². The molecule has 2 rings (SSSR count). The molecule has 0 aromatic carbocycles. The monoisotopic (exact) mass is 231 g/mol. The van der Waals surface area contributed by atoms with Gasteiger partial charge < -0.3 is 5.11 Å². The number of hydrogen-bond donors (Lipinski definition) is 1. The van der Waals surface area contributed by atoms with Gasteiger partial charge in [0, 0.05) is 35.8 Å². The number of carboxylic acid groups (broad SMARTS) is 1. The lowest BCUT2D eigenvalue weighted by Gasteiger charge is -2.03. The van der Waals surface area contributed by atoms with Crippen LogP contribution in [-0.4, -0.2) is 25.8 Å². The Morgan fingerprint density at radius 1 is 1.29 bits per heavy atom. The number of aromatic nitrogens is 3. The molecule has 2 heterocycles. The second kappa shape index (κ2) is 4.37. The molecule has 0 bridgehead atoms. The molecule has 88 valence electrons. The summed E-state index contributed by atoms with van der Waals surface area (Å²) in [6.07, 6.45) is 6.56. The highest BCUT2D eigenvalue weighted by Gasteiger charge is 2.08. The summed E-state index contributed by atoms with van der Waals surface area (Å²) in [7, 11) is 0. The maximum atomic E-state index is 10.8. The Labute approximate surface area is 98.7 Å². The Balaban J connectivity index is 2.38. The van der Waals surface area contributed by atoms with Gasteiger partial charge in [0.1, 0.15) is 0 Å². The molecule has 5 heteroatoms. The minimum atomic E-state index is -0.976. The molecule has 17 heavy (non-hydrogen) atoms. The third-order valence-electron chi connectivity index (χ3n) is 2.45. The fraction of sp³-hybridized carbons (Fsp3) is 0.250. The number of rotatable bonds is 3. The van der Waals surface area contributed by atoms with E-state index in [0.717, 1.165) is 11.1 Å². The van der Waals surface area contributed by atoms with E-state index in [0.29, 0.717) is 0 Å². The fourth-order valence-electron chi connectivity index (χ4n) is 1.48. The second-order valence-electron chi connectivity index (χ2n) is 4.07. The van der Waals surface area contributed by atoms with Gasteiger partial charge in [-0.25, -0.2) is 4.79 Å². The maximum absolute atomic E-state index is 10.8. The molecule has 0 amide bonds. The minimum absolute atomic E-state index is 0.180. The highest BCUT2D eigenvalue weighted by atomic mass is 16.4. The van der Waals surface area contributed by atoms with Gasteiger partial charge >= 0.3 is 5.97 Å². The molecule has 0 aliphatic heterocycles. The summed E-state index contributed by atoms with van der Waals surface area (Å²) < 4.78 is 1.82. The summed E-state index contributed by atoms with van der Waals surface area (Å²) in [6.45, 7) is 4.06. The number of nitrogens with zero attached hydrogens (tertiary/aromatic N) is 3. The number of carbonyl (C=O) groups is 1. The molecule has 1 N–H and O–H groups in total. The standard InChI is InChI=1S/C12H13N3O2/c1-8(2)15-7-11(6-14-15)9-3-10(12(16)17)5-13-4-9/h3-8H,1-2H3,(H,16,17). The molecule has 0 saturated carbocycles. The van der Waals surface area contributed by atoms with Crippen molar-refractivity contribution in [3.8, 4) is 11.1 Å². The van der Waals surface area contributed by atoms with Gasteiger partial charge in [0.25, 0.3) is 0 Å². The van der Waals surface area contributed by atoms with E-state index in [4.69, 9.17) is 5.11 Å². The normalized spacial score (nSPS) is 10.8. The van der Waals surface area contributed by atoms with E-state index >= 15 is 0 Å². The third kappa shape index (κ3) is 2.33. The Morgan fingerprint density at radius 3 is 2.65 bits per heavy atom. The van der Waals surface area contributed by atoms with E-state index in [1.165, 1.54) is 6.20 Å². The van der Waals surface area contributed by atoms with Crippen LogP contribution in [0.1, 0.15) is 30.2 Å². The highest BCUT2D eigenvalue weighted by Crippen LogP contribution is 2.19. The number of aromatic carboxylic acids is 1. The zero-order valence-electron chi connectivity index (χ0n) is 9.66. The summed E-state index contributed by atoms with van der Waals surface area (Å²) in [5.74, 6) is -0.976. The van der Waals surface area contributed by atoms with Crippen molar-refractivity contribution in [1.82, 2.24) is 14.8 Å². The molecule has 0 radical (unpaired) electrons. The number of carboxylic acids is 1. The van der Waals surface area contributed by atoms with Crippen molar-refractivity contribution in [3.63, 3.8) is 0 Å². The van der Waals surface area contributed by atoms with Crippen molar-refractivity contribution in [1.29, 1.82) is 0 Å². The zero-order chi connectivity index (χ0) is 12.4. The Hall–Kier alpha value is -2.17. The van der Waals surface area contributed by atoms with Crippen LogP contribution in [0.3, 0.4) is 0 Å². The van der Waals surface area contributed by atoms with E-state index in [-0.39, 0.29) is 11.6 Å². The smallest absolute Gasteiger partial charge is 0.337 e. The van der Waals surface area contributed by atoms with Gasteiger partial charge in [-0.05, 0) is 19.9 Å². The van der Waals surface area contributed by atoms with Crippen LogP contribution in [0.5, 0.6) is 0 Å². The molecule has 5 nitrogen and oxygen atoms in total. The fourth-order valence-corrected chi connectivity index (χ4v) is 1.48. The van der Waals surface area contributed by atoms with E-state index in [9.17, 15) is 4.79 Å². The van der Waals surface area contributed by atoms with Gasteiger partial charge in [0.05, 0.1) is 11.8 Å². The molecule has 0 spiro atoms. The average Bonchev–Trinajstić information content (AvgIpc) is 2.78. The van der Waals surface area contributed by atoms with E-state index in [2.05, 4.69) is 10.1 Å². The van der Waals surface area contributed by atoms with Gasteiger partial charge in [-0.3, -0.25) is 9.67 Å². The van der Waals surface area contributed by atoms with Crippen molar-refractivity contribution in [3.05, 3.63) is 36.4 Å². The Kier molecular flexibility index (Phi) is 2.91. The minimum Gasteiger partial charge on any atom is -0.478 e. The van der Waals surface area contributed by atoms with Gasteiger partial charge in [-0.15, -0.1) is 0 Å². The summed E-state index contributed by atoms with van der Waals surface area (Å²) in [4.78, 5) is 14.8. The van der Waals surface area contributed by atoms with Crippen molar-refractivity contribution >= 4 is 5.97 Å². The van der Waals surface area contributed by atoms with Gasteiger partial charge in [0.2, 0.25) is 0 Å². The summed E-state index contributed by atoms with van der Waals surface area (Å²) in [5, 5.41) is 13.1. The molecule has 2 aromatic rings. The first kappa shape index (κ1) is 11.3. The quantitative estimate of drug-likeness (QED) is 0.879. The molecular formula is C12H13N3O2. The second-order valence-corrected chi connectivity index (χ2v) is 4.07. The number of hydrogen-bond acceptors (Lipinski definition) is 3. The van der Waals surface area contributed by atoms with Gasteiger partial charge in [-0.1, -0.05) is 0 Å². The molecule has 0 unspecified atom stereocenters. The highest BCUT2D eigenvalue weighted by molar-refractivity contribution is 5.88. The van der Waals surface area contributed by atoms with Crippen molar-refractivity contribution in [2.45, 2.75) is 19.9 Å². The van der Waals surface area contributed by atoms with Crippen LogP contribution >= 0.6 is 0 Å². The predicted molar refractivity (Wildman–Crippen MR) is 62.8 cm³/mol. The SMILES string of the molecule is CC(C)n1cc(-c2cncc(C(=O)O)c2)cn1. The third-order valence-corrected chi connectivity index (χ3v) is 2.45. The Morgan fingerprint density at radius 2 is 2.06 bits per heavy atom. The molecule has 2 aromatic heterocycles. The van der Waals surface area contributed by atoms with E-state index in [1.807, 2.05) is 24.7 Å². The largest absolute Gasteiger partial charge is 0.478 e. The van der Waals surface area contributed by atoms with Gasteiger partial charge in [0.15, 0.2) is 0 Å². The van der Waals surface area contributed by atoms with Crippen LogP contribution in [0.4, 0.5) is 0 Å². The van der Waals surface area contributed by atoms with E-state index in [1.54, 1.807) is 18.5 Å². The molecule has 0 aliphatic carbocycles. The molecule has 0 fully saturated rings.